The summed E-state index contributed by atoms with van der Waals surface area (Å²) < 4.78 is 25.9. The molecule has 186 valence electrons. The Kier molecular flexibility index (Phi) is 7.93. The molecule has 0 unspecified atom stereocenters. The van der Waals surface area contributed by atoms with Gasteiger partial charge in [0.2, 0.25) is 0 Å². The van der Waals surface area contributed by atoms with Crippen molar-refractivity contribution in [3.8, 4) is 23.3 Å². The number of hydrogen-bond acceptors (Lipinski definition) is 7. The number of hydrogen-bond donors (Lipinski definition) is 3. The number of methoxy groups -OCH3 is 1. The van der Waals surface area contributed by atoms with Crippen LogP contribution in [0, 0.1) is 17.1 Å². The van der Waals surface area contributed by atoms with Crippen molar-refractivity contribution in [2.75, 3.05) is 18.2 Å². The fourth-order valence-electron chi connectivity index (χ4n) is 3.55. The van der Waals surface area contributed by atoms with E-state index in [-0.39, 0.29) is 17.3 Å². The molecule has 3 aromatic carbocycles. The lowest BCUT2D eigenvalue weighted by atomic mass is 10.1. The highest BCUT2D eigenvalue weighted by Crippen LogP contribution is 2.31. The average Bonchev–Trinajstić information content (AvgIpc) is 2.92. The van der Waals surface area contributed by atoms with Gasteiger partial charge in [-0.05, 0) is 54.1 Å². The summed E-state index contributed by atoms with van der Waals surface area (Å²) in [5, 5.41) is 14.9. The molecule has 1 amide bonds. The molecule has 0 saturated heterocycles. The Morgan fingerprint density at radius 1 is 1.05 bits per heavy atom. The molecule has 1 aromatic heterocycles. The van der Waals surface area contributed by atoms with E-state index in [1.54, 1.807) is 31.4 Å². The number of halogens is 1. The van der Waals surface area contributed by atoms with Gasteiger partial charge in [0.25, 0.3) is 5.91 Å². The minimum Gasteiger partial charge on any atom is -0.497 e. The van der Waals surface area contributed by atoms with Crippen LogP contribution in [0.5, 0.6) is 17.2 Å². The minimum atomic E-state index is -0.670. The zero-order chi connectivity index (χ0) is 26.2. The molecule has 8 nitrogen and oxygen atoms in total. The number of carbonyl (C=O) groups is 1. The van der Waals surface area contributed by atoms with Crippen molar-refractivity contribution in [1.29, 1.82) is 5.26 Å². The summed E-state index contributed by atoms with van der Waals surface area (Å²) in [7, 11) is 1.61. The second-order valence-corrected chi connectivity index (χ2v) is 8.02. The van der Waals surface area contributed by atoms with E-state index in [4.69, 9.17) is 20.5 Å². The molecule has 0 atom stereocenters. The Balaban J connectivity index is 1.43. The van der Waals surface area contributed by atoms with Crippen LogP contribution in [-0.2, 0) is 13.1 Å². The van der Waals surface area contributed by atoms with Crippen LogP contribution in [0.1, 0.15) is 27.0 Å². The van der Waals surface area contributed by atoms with E-state index < -0.39 is 11.7 Å². The van der Waals surface area contributed by atoms with Gasteiger partial charge < -0.3 is 25.8 Å². The van der Waals surface area contributed by atoms with Crippen molar-refractivity contribution < 1.29 is 18.7 Å². The van der Waals surface area contributed by atoms with Gasteiger partial charge in [-0.15, -0.1) is 0 Å². The maximum atomic E-state index is 14.9. The standard InChI is InChI=1S/C28H24FN5O3/c1-36-22-8-5-18(6-9-22)16-32-17-23-25(11-12-33-27(23)31)37-26-10-7-21(14-24(26)29)34-28(35)20-4-2-3-19(13-20)15-30/h2-14,32H,16-17H2,1H3,(H2,31,33)(H,34,35). The Hall–Kier alpha value is -4.94. The molecule has 0 aliphatic rings. The van der Waals surface area contributed by atoms with Crippen LogP contribution in [0.3, 0.4) is 0 Å². The lowest BCUT2D eigenvalue weighted by Crippen LogP contribution is -2.15. The Morgan fingerprint density at radius 3 is 2.59 bits per heavy atom. The van der Waals surface area contributed by atoms with Crippen LogP contribution in [0.2, 0.25) is 0 Å². The third kappa shape index (κ3) is 6.39. The highest BCUT2D eigenvalue weighted by molar-refractivity contribution is 6.04. The smallest absolute Gasteiger partial charge is 0.255 e. The molecule has 4 rings (SSSR count). The van der Waals surface area contributed by atoms with Gasteiger partial charge in [0, 0.05) is 36.6 Å². The van der Waals surface area contributed by atoms with Gasteiger partial charge in [-0.25, -0.2) is 9.37 Å². The first-order chi connectivity index (χ1) is 18.0. The molecule has 1 heterocycles. The Labute approximate surface area is 213 Å². The van der Waals surface area contributed by atoms with Crippen LogP contribution >= 0.6 is 0 Å². The maximum Gasteiger partial charge on any atom is 0.255 e. The van der Waals surface area contributed by atoms with E-state index in [1.807, 2.05) is 30.3 Å². The SMILES string of the molecule is COc1ccc(CNCc2c(Oc3ccc(NC(=O)c4cccc(C#N)c4)cc3F)ccnc2N)cc1. The van der Waals surface area contributed by atoms with E-state index in [0.29, 0.717) is 35.5 Å². The lowest BCUT2D eigenvalue weighted by molar-refractivity contribution is 0.102. The van der Waals surface area contributed by atoms with Crippen molar-refractivity contribution in [3.63, 3.8) is 0 Å². The molecule has 4 N–H and O–H groups in total. The molecule has 0 fully saturated rings. The molecule has 37 heavy (non-hydrogen) atoms. The average molecular weight is 498 g/mol. The van der Waals surface area contributed by atoms with Gasteiger partial charge in [0.05, 0.1) is 24.3 Å². The first kappa shape index (κ1) is 25.2. The fourth-order valence-corrected chi connectivity index (χ4v) is 3.55. The van der Waals surface area contributed by atoms with Gasteiger partial charge in [0.1, 0.15) is 17.3 Å². The fraction of sp³-hybridized carbons (Fsp3) is 0.107. The van der Waals surface area contributed by atoms with E-state index in [1.165, 1.54) is 24.4 Å². The van der Waals surface area contributed by atoms with Crippen LogP contribution in [-0.4, -0.2) is 18.0 Å². The second-order valence-electron chi connectivity index (χ2n) is 8.02. The van der Waals surface area contributed by atoms with E-state index in [0.717, 1.165) is 17.4 Å². The molecular weight excluding hydrogens is 473 g/mol. The number of nitriles is 1. The minimum absolute atomic E-state index is 0.0357. The predicted octanol–water partition coefficient (Wildman–Crippen LogP) is 5.02. The van der Waals surface area contributed by atoms with Crippen molar-refractivity contribution in [1.82, 2.24) is 10.3 Å². The topological polar surface area (TPSA) is 122 Å². The Morgan fingerprint density at radius 2 is 1.86 bits per heavy atom. The van der Waals surface area contributed by atoms with Gasteiger partial charge >= 0.3 is 0 Å². The van der Waals surface area contributed by atoms with E-state index >= 15 is 0 Å². The number of nitrogen functional groups attached to an aromatic ring is 1. The zero-order valence-corrected chi connectivity index (χ0v) is 20.0. The van der Waals surface area contributed by atoms with E-state index in [2.05, 4.69) is 15.6 Å². The number of nitrogens with two attached hydrogens (primary N) is 1. The third-order valence-corrected chi connectivity index (χ3v) is 5.50. The summed E-state index contributed by atoms with van der Waals surface area (Å²) in [5.74, 6) is 0.235. The van der Waals surface area contributed by atoms with Gasteiger partial charge in [0.15, 0.2) is 11.6 Å². The molecular formula is C28H24FN5O3. The van der Waals surface area contributed by atoms with Crippen LogP contribution < -0.4 is 25.8 Å². The molecule has 0 spiro atoms. The number of ether oxygens (including phenoxy) is 2. The summed E-state index contributed by atoms with van der Waals surface area (Å²) in [6.07, 6.45) is 1.49. The molecule has 0 saturated carbocycles. The van der Waals surface area contributed by atoms with Crippen LogP contribution in [0.15, 0.2) is 79.0 Å². The van der Waals surface area contributed by atoms with Crippen molar-refractivity contribution >= 4 is 17.4 Å². The summed E-state index contributed by atoms with van der Waals surface area (Å²) in [6, 6.07) is 21.6. The maximum absolute atomic E-state index is 14.9. The Bertz CT molecular complexity index is 1450. The number of aromatic nitrogens is 1. The third-order valence-electron chi connectivity index (χ3n) is 5.50. The number of amides is 1. The van der Waals surface area contributed by atoms with Crippen molar-refractivity contribution in [3.05, 3.63) is 107 Å². The van der Waals surface area contributed by atoms with Crippen molar-refractivity contribution in [2.45, 2.75) is 13.1 Å². The number of nitrogens with one attached hydrogen (secondary N) is 2. The molecule has 4 aromatic rings. The van der Waals surface area contributed by atoms with Gasteiger partial charge in [-0.2, -0.15) is 5.26 Å². The monoisotopic (exact) mass is 497 g/mol. The number of benzene rings is 3. The van der Waals surface area contributed by atoms with Gasteiger partial charge in [-0.1, -0.05) is 18.2 Å². The molecule has 0 bridgehead atoms. The highest BCUT2D eigenvalue weighted by Gasteiger charge is 2.14. The summed E-state index contributed by atoms with van der Waals surface area (Å²) in [5.41, 5.74) is 8.60. The number of nitrogens with zero attached hydrogens (tertiary/aromatic N) is 2. The number of rotatable bonds is 9. The molecule has 0 aliphatic heterocycles. The van der Waals surface area contributed by atoms with Crippen molar-refractivity contribution in [2.24, 2.45) is 0 Å². The van der Waals surface area contributed by atoms with Gasteiger partial charge in [-0.3, -0.25) is 4.79 Å². The highest BCUT2D eigenvalue weighted by atomic mass is 19.1. The number of pyridine rings is 1. The van der Waals surface area contributed by atoms with E-state index in [9.17, 15) is 9.18 Å². The summed E-state index contributed by atoms with van der Waals surface area (Å²) in [4.78, 5) is 16.6. The van der Waals surface area contributed by atoms with Crippen LogP contribution in [0.25, 0.3) is 0 Å². The first-order valence-electron chi connectivity index (χ1n) is 11.3. The molecule has 0 radical (unpaired) electrons. The predicted molar refractivity (Wildman–Crippen MR) is 138 cm³/mol. The summed E-state index contributed by atoms with van der Waals surface area (Å²) >= 11 is 0. The number of carbonyl (C=O) groups excluding carboxylic acids is 1. The first-order valence-corrected chi connectivity index (χ1v) is 11.3. The van der Waals surface area contributed by atoms with Crippen LogP contribution in [0.4, 0.5) is 15.9 Å². The lowest BCUT2D eigenvalue weighted by Gasteiger charge is -2.15. The zero-order valence-electron chi connectivity index (χ0n) is 20.0. The largest absolute Gasteiger partial charge is 0.497 e. The molecule has 9 heteroatoms. The second kappa shape index (κ2) is 11.7. The number of anilines is 2. The normalized spacial score (nSPS) is 10.4. The quantitative estimate of drug-likeness (QED) is 0.297. The summed E-state index contributed by atoms with van der Waals surface area (Å²) in [6.45, 7) is 0.913. The molecule has 0 aliphatic carbocycles.